The molecule has 0 unspecified atom stereocenters. The van der Waals surface area contributed by atoms with Crippen molar-refractivity contribution >= 4 is 17.2 Å². The molecule has 3 heteroatoms. The van der Waals surface area contributed by atoms with Gasteiger partial charge in [-0.05, 0) is 57.2 Å². The maximum atomic E-state index is 13.0. The molecule has 1 saturated carbocycles. The van der Waals surface area contributed by atoms with Gasteiger partial charge in [0.25, 0.3) is 0 Å². The van der Waals surface area contributed by atoms with Crippen LogP contribution < -0.4 is 10.2 Å². The number of benzene rings is 1. The summed E-state index contributed by atoms with van der Waals surface area (Å²) in [4.78, 5) is 15.2. The molecule has 1 N–H and O–H groups in total. The first-order chi connectivity index (χ1) is 12.3. The predicted octanol–water partition coefficient (Wildman–Crippen LogP) is 4.87. The van der Waals surface area contributed by atoms with E-state index in [4.69, 9.17) is 0 Å². The third-order valence-electron chi connectivity index (χ3n) is 5.84. The Bertz CT molecular complexity index is 707. The van der Waals surface area contributed by atoms with Crippen molar-refractivity contribution in [1.82, 2.24) is 5.32 Å². The molecule has 1 aromatic rings. The van der Waals surface area contributed by atoms with Gasteiger partial charge in [-0.1, -0.05) is 31.7 Å². The Balaban J connectivity index is 1.98. The molecule has 0 spiro atoms. The van der Waals surface area contributed by atoms with Crippen LogP contribution in [0, 0.1) is 12.8 Å². The molecule has 1 aliphatic carbocycles. The van der Waals surface area contributed by atoms with Gasteiger partial charge in [-0.25, -0.2) is 0 Å². The fraction of sp³-hybridized carbons (Fsp3) is 0.609. The van der Waals surface area contributed by atoms with Crippen molar-refractivity contribution in [3.8, 4) is 0 Å². The fourth-order valence-corrected chi connectivity index (χ4v) is 4.53. The van der Waals surface area contributed by atoms with Crippen LogP contribution in [0.5, 0.6) is 0 Å². The van der Waals surface area contributed by atoms with Gasteiger partial charge in [0.15, 0.2) is 5.78 Å². The maximum Gasteiger partial charge on any atom is 0.160 e. The summed E-state index contributed by atoms with van der Waals surface area (Å²) in [5, 5.41) is 3.64. The molecule has 2 aliphatic rings. The predicted molar refractivity (Wildman–Crippen MR) is 111 cm³/mol. The number of fused-ring (bicyclic) bond motifs is 1. The van der Waals surface area contributed by atoms with Gasteiger partial charge >= 0.3 is 0 Å². The summed E-state index contributed by atoms with van der Waals surface area (Å²) >= 11 is 0. The fourth-order valence-electron chi connectivity index (χ4n) is 4.53. The molecule has 0 bridgehead atoms. The van der Waals surface area contributed by atoms with Crippen molar-refractivity contribution in [3.63, 3.8) is 0 Å². The smallest absolute Gasteiger partial charge is 0.160 e. The van der Waals surface area contributed by atoms with Gasteiger partial charge in [-0.2, -0.15) is 0 Å². The lowest BCUT2D eigenvalue weighted by molar-refractivity contribution is -0.118. The number of nitrogens with one attached hydrogen (secondary N) is 1. The number of hydrogen-bond donors (Lipinski definition) is 1. The Morgan fingerprint density at radius 1 is 1.15 bits per heavy atom. The summed E-state index contributed by atoms with van der Waals surface area (Å²) in [5.74, 6) is 0.518. The van der Waals surface area contributed by atoms with Gasteiger partial charge in [0, 0.05) is 48.6 Å². The van der Waals surface area contributed by atoms with E-state index in [1.807, 2.05) is 6.08 Å². The number of carbonyl (C=O) groups excluding carboxylic acids is 1. The molecule has 1 aromatic carbocycles. The molecule has 0 aromatic heterocycles. The van der Waals surface area contributed by atoms with E-state index in [1.165, 1.54) is 48.1 Å². The van der Waals surface area contributed by atoms with E-state index in [1.54, 1.807) is 0 Å². The first-order valence-electron chi connectivity index (χ1n) is 10.1. The zero-order chi connectivity index (χ0) is 18.9. The Morgan fingerprint density at radius 2 is 1.81 bits per heavy atom. The number of rotatable bonds is 3. The first kappa shape index (κ1) is 19.0. The quantitative estimate of drug-likeness (QED) is 0.621. The lowest BCUT2D eigenvalue weighted by atomic mass is 9.83. The number of aryl methyl sites for hydroxylation is 1. The van der Waals surface area contributed by atoms with Gasteiger partial charge in [-0.3, -0.25) is 4.79 Å². The lowest BCUT2D eigenvalue weighted by Gasteiger charge is -2.36. The van der Waals surface area contributed by atoms with Gasteiger partial charge in [0.1, 0.15) is 0 Å². The van der Waals surface area contributed by atoms with Crippen molar-refractivity contribution in [2.45, 2.75) is 71.3 Å². The molecule has 3 nitrogen and oxygen atoms in total. The number of anilines is 1. The van der Waals surface area contributed by atoms with E-state index < -0.39 is 0 Å². The second kappa shape index (κ2) is 7.46. The molecule has 1 heterocycles. The molecule has 1 aliphatic heterocycles. The topological polar surface area (TPSA) is 32.3 Å². The Hall–Kier alpha value is -1.77. The van der Waals surface area contributed by atoms with E-state index in [0.29, 0.717) is 5.78 Å². The van der Waals surface area contributed by atoms with Gasteiger partial charge in [0.05, 0.1) is 0 Å². The van der Waals surface area contributed by atoms with Crippen LogP contribution in [0.1, 0.15) is 69.1 Å². The molecular formula is C23H34N2O. The maximum absolute atomic E-state index is 13.0. The second-order valence-electron chi connectivity index (χ2n) is 9.02. The minimum atomic E-state index is -0.0331. The monoisotopic (exact) mass is 354 g/mol. The molecular weight excluding hydrogens is 320 g/mol. The van der Waals surface area contributed by atoms with E-state index in [9.17, 15) is 4.79 Å². The van der Waals surface area contributed by atoms with Crippen LogP contribution in [0.25, 0.3) is 5.70 Å². The molecule has 1 fully saturated rings. The average Bonchev–Trinajstić information content (AvgIpc) is 2.82. The third-order valence-corrected chi connectivity index (χ3v) is 5.84. The van der Waals surface area contributed by atoms with Gasteiger partial charge in [0.2, 0.25) is 0 Å². The largest absolute Gasteiger partial charge is 0.379 e. The Labute approximate surface area is 158 Å². The number of carbonyl (C=O) groups is 1. The summed E-state index contributed by atoms with van der Waals surface area (Å²) in [6, 6.07) is 4.55. The molecule has 0 radical (unpaired) electrons. The minimum Gasteiger partial charge on any atom is -0.379 e. The standard InChI is InChI=1S/C23H34N2O/c1-16-12-18-15-23(2,3)24-20(19(18)13-21(16)25(4)5)14-22(26)17-10-8-6-7-9-11-17/h12-14,17,24H,6-11,15H2,1-5H3. The molecule has 26 heavy (non-hydrogen) atoms. The zero-order valence-corrected chi connectivity index (χ0v) is 17.1. The molecule has 142 valence electrons. The Morgan fingerprint density at radius 3 is 2.42 bits per heavy atom. The SMILES string of the molecule is Cc1cc2c(cc1N(C)C)C(=CC(=O)C1CCCCCC1)NC(C)(C)C2. The van der Waals surface area contributed by atoms with Crippen molar-refractivity contribution in [1.29, 1.82) is 0 Å². The number of nitrogens with zero attached hydrogens (tertiary/aromatic N) is 1. The highest BCUT2D eigenvalue weighted by atomic mass is 16.1. The van der Waals surface area contributed by atoms with Crippen molar-refractivity contribution < 1.29 is 4.79 Å². The van der Waals surface area contributed by atoms with E-state index in [2.05, 4.69) is 57.2 Å². The van der Waals surface area contributed by atoms with Crippen molar-refractivity contribution in [2.24, 2.45) is 5.92 Å². The Kier molecular flexibility index (Phi) is 5.45. The van der Waals surface area contributed by atoms with Crippen LogP contribution in [0.2, 0.25) is 0 Å². The van der Waals surface area contributed by atoms with Gasteiger partial charge < -0.3 is 10.2 Å². The summed E-state index contributed by atoms with van der Waals surface area (Å²) in [6.07, 6.45) is 9.93. The van der Waals surface area contributed by atoms with Crippen LogP contribution in [-0.4, -0.2) is 25.4 Å². The van der Waals surface area contributed by atoms with E-state index in [-0.39, 0.29) is 11.5 Å². The summed E-state index contributed by atoms with van der Waals surface area (Å²) in [5.41, 5.74) is 6.03. The van der Waals surface area contributed by atoms with E-state index in [0.717, 1.165) is 25.0 Å². The van der Waals surface area contributed by atoms with Crippen molar-refractivity contribution in [2.75, 3.05) is 19.0 Å². The zero-order valence-electron chi connectivity index (χ0n) is 17.1. The molecule has 3 rings (SSSR count). The highest BCUT2D eigenvalue weighted by molar-refractivity contribution is 5.99. The molecule has 0 atom stereocenters. The second-order valence-corrected chi connectivity index (χ2v) is 9.02. The highest BCUT2D eigenvalue weighted by Gasteiger charge is 2.29. The molecule has 0 amide bonds. The molecule has 0 saturated heterocycles. The van der Waals surface area contributed by atoms with Crippen LogP contribution in [0.15, 0.2) is 18.2 Å². The number of allylic oxidation sites excluding steroid dienone is 1. The number of ketones is 1. The highest BCUT2D eigenvalue weighted by Crippen LogP contribution is 2.35. The van der Waals surface area contributed by atoms with Crippen LogP contribution >= 0.6 is 0 Å². The summed E-state index contributed by atoms with van der Waals surface area (Å²) in [7, 11) is 4.16. The van der Waals surface area contributed by atoms with Crippen LogP contribution in [0.4, 0.5) is 5.69 Å². The van der Waals surface area contributed by atoms with Crippen molar-refractivity contribution in [3.05, 3.63) is 34.9 Å². The lowest BCUT2D eigenvalue weighted by Crippen LogP contribution is -2.44. The normalized spacial score (nSPS) is 21.7. The van der Waals surface area contributed by atoms with Crippen LogP contribution in [-0.2, 0) is 11.2 Å². The summed E-state index contributed by atoms with van der Waals surface area (Å²) in [6.45, 7) is 6.61. The van der Waals surface area contributed by atoms with E-state index >= 15 is 0 Å². The third kappa shape index (κ3) is 4.13. The minimum absolute atomic E-state index is 0.0331. The average molecular weight is 355 g/mol. The van der Waals surface area contributed by atoms with Crippen LogP contribution in [0.3, 0.4) is 0 Å². The van der Waals surface area contributed by atoms with Gasteiger partial charge in [-0.15, -0.1) is 0 Å². The summed E-state index contributed by atoms with van der Waals surface area (Å²) < 4.78 is 0. The number of hydrogen-bond acceptors (Lipinski definition) is 3. The first-order valence-corrected chi connectivity index (χ1v) is 10.1.